The Morgan fingerprint density at radius 3 is 2.43 bits per heavy atom. The van der Waals surface area contributed by atoms with Gasteiger partial charge in [0.1, 0.15) is 18.1 Å². The summed E-state index contributed by atoms with van der Waals surface area (Å²) in [6, 6.07) is 7.04. The molecule has 0 amide bonds. The Labute approximate surface area is 131 Å². The summed E-state index contributed by atoms with van der Waals surface area (Å²) in [7, 11) is 0. The summed E-state index contributed by atoms with van der Waals surface area (Å²) >= 11 is 0. The zero-order valence-corrected chi connectivity index (χ0v) is 12.2. The van der Waals surface area contributed by atoms with Crippen LogP contribution in [0.25, 0.3) is 0 Å². The van der Waals surface area contributed by atoms with Crippen molar-refractivity contribution in [1.82, 2.24) is 0 Å². The number of hydrogen-bond acceptors (Lipinski definition) is 6. The van der Waals surface area contributed by atoms with Crippen LogP contribution >= 0.6 is 0 Å². The Hall–Kier alpha value is -3.15. The summed E-state index contributed by atoms with van der Waals surface area (Å²) < 4.78 is 5.06. The molecule has 0 aromatic heterocycles. The molecule has 6 heteroatoms. The Morgan fingerprint density at radius 2 is 1.74 bits per heavy atom. The monoisotopic (exact) mass is 311 g/mol. The summed E-state index contributed by atoms with van der Waals surface area (Å²) in [6.07, 6.45) is 0. The van der Waals surface area contributed by atoms with Gasteiger partial charge in [-0.2, -0.15) is 0 Å². The van der Waals surface area contributed by atoms with E-state index in [9.17, 15) is 19.8 Å². The van der Waals surface area contributed by atoms with E-state index >= 15 is 0 Å². The van der Waals surface area contributed by atoms with E-state index in [-0.39, 0.29) is 46.3 Å². The summed E-state index contributed by atoms with van der Waals surface area (Å²) in [4.78, 5) is 25.1. The summed E-state index contributed by atoms with van der Waals surface area (Å²) in [5, 5.41) is 27.2. The second-order valence-corrected chi connectivity index (χ2v) is 5.24. The van der Waals surface area contributed by atoms with Gasteiger partial charge in [0, 0.05) is 18.1 Å². The maximum absolute atomic E-state index is 12.6. The first-order chi connectivity index (χ1) is 10.9. The first-order valence-electron chi connectivity index (χ1n) is 6.85. The molecule has 0 saturated carbocycles. The molecular formula is C17H13NO5. The number of carbonyl (C=O) groups is 2. The minimum absolute atomic E-state index is 0.000110. The molecule has 0 atom stereocenters. The van der Waals surface area contributed by atoms with Gasteiger partial charge in [0.2, 0.25) is 5.78 Å². The van der Waals surface area contributed by atoms with Gasteiger partial charge in [0.05, 0.1) is 11.1 Å². The zero-order chi connectivity index (χ0) is 16.7. The van der Waals surface area contributed by atoms with Crippen molar-refractivity contribution in [3.05, 3.63) is 58.1 Å². The highest BCUT2D eigenvalue weighted by Gasteiger charge is 2.34. The molecule has 2 aromatic rings. The number of benzene rings is 2. The number of hydrogen-bond donors (Lipinski definition) is 3. The van der Waals surface area contributed by atoms with Crippen LogP contribution in [-0.4, -0.2) is 27.7 Å². The summed E-state index contributed by atoms with van der Waals surface area (Å²) in [5.74, 6) is -1.69. The highest BCUT2D eigenvalue weighted by atomic mass is 16.5. The van der Waals surface area contributed by atoms with Gasteiger partial charge in [-0.05, 0) is 23.8 Å². The number of ether oxygens (including phenoxy) is 1. The molecule has 3 rings (SSSR count). The fourth-order valence-corrected chi connectivity index (χ4v) is 2.62. The Morgan fingerprint density at radius 1 is 1.04 bits per heavy atom. The first-order valence-corrected chi connectivity index (χ1v) is 6.85. The van der Waals surface area contributed by atoms with E-state index in [1.807, 2.05) is 0 Å². The molecule has 0 heterocycles. The maximum atomic E-state index is 12.6. The van der Waals surface area contributed by atoms with Crippen molar-refractivity contribution in [3.63, 3.8) is 0 Å². The van der Waals surface area contributed by atoms with Crippen molar-refractivity contribution < 1.29 is 24.5 Å². The van der Waals surface area contributed by atoms with Crippen molar-refractivity contribution in [3.8, 4) is 11.5 Å². The van der Waals surface area contributed by atoms with E-state index in [2.05, 4.69) is 0 Å². The standard InChI is InChI=1S/C17H13NO5/c1-8(18)23-7-9-5-11-15(13(20)6-9)17(22)14-10(16(11)21)3-2-4-12(14)19/h2-6,18-20H,7H2,1H3. The molecule has 6 nitrogen and oxygen atoms in total. The molecule has 0 aliphatic heterocycles. The molecule has 1 aliphatic carbocycles. The predicted octanol–water partition coefficient (Wildman–Crippen LogP) is 2.39. The SMILES string of the molecule is CC(=N)OCc1cc(O)c2c(c1)C(=O)c1cccc(O)c1C2=O. The molecular weight excluding hydrogens is 298 g/mol. The molecule has 2 aromatic carbocycles. The molecule has 0 spiro atoms. The van der Waals surface area contributed by atoms with Crippen molar-refractivity contribution in [2.24, 2.45) is 0 Å². The fraction of sp³-hybridized carbons (Fsp3) is 0.118. The molecule has 0 radical (unpaired) electrons. The maximum Gasteiger partial charge on any atom is 0.201 e. The van der Waals surface area contributed by atoms with Gasteiger partial charge >= 0.3 is 0 Å². The van der Waals surface area contributed by atoms with Crippen molar-refractivity contribution in [2.45, 2.75) is 13.5 Å². The number of phenols is 2. The van der Waals surface area contributed by atoms with Crippen LogP contribution in [-0.2, 0) is 11.3 Å². The Balaban J connectivity index is 2.15. The molecule has 0 unspecified atom stereocenters. The largest absolute Gasteiger partial charge is 0.507 e. The quantitative estimate of drug-likeness (QED) is 0.497. The van der Waals surface area contributed by atoms with Gasteiger partial charge in [-0.3, -0.25) is 15.0 Å². The lowest BCUT2D eigenvalue weighted by Gasteiger charge is -2.20. The van der Waals surface area contributed by atoms with Crippen LogP contribution in [0.3, 0.4) is 0 Å². The number of rotatable bonds is 2. The number of aromatic hydroxyl groups is 2. The Kier molecular flexibility index (Phi) is 3.37. The number of carbonyl (C=O) groups excluding carboxylic acids is 2. The molecule has 1 aliphatic rings. The molecule has 116 valence electrons. The summed E-state index contributed by atoms with van der Waals surface area (Å²) in [5.41, 5.74) is 0.411. The van der Waals surface area contributed by atoms with Crippen LogP contribution in [0.15, 0.2) is 30.3 Å². The van der Waals surface area contributed by atoms with Crippen LogP contribution in [0.5, 0.6) is 11.5 Å². The van der Waals surface area contributed by atoms with Crippen LogP contribution in [0.4, 0.5) is 0 Å². The van der Waals surface area contributed by atoms with Crippen LogP contribution in [0, 0.1) is 5.41 Å². The number of ketones is 2. The van der Waals surface area contributed by atoms with E-state index < -0.39 is 11.6 Å². The fourth-order valence-electron chi connectivity index (χ4n) is 2.62. The predicted molar refractivity (Wildman–Crippen MR) is 81.3 cm³/mol. The molecule has 3 N–H and O–H groups in total. The first kappa shape index (κ1) is 14.8. The highest BCUT2D eigenvalue weighted by Crippen LogP contribution is 2.37. The van der Waals surface area contributed by atoms with E-state index in [1.165, 1.54) is 37.3 Å². The third kappa shape index (κ3) is 2.34. The average molecular weight is 311 g/mol. The van der Waals surface area contributed by atoms with E-state index in [0.29, 0.717) is 5.56 Å². The van der Waals surface area contributed by atoms with Gasteiger partial charge in [-0.25, -0.2) is 0 Å². The van der Waals surface area contributed by atoms with Crippen molar-refractivity contribution in [1.29, 1.82) is 5.41 Å². The van der Waals surface area contributed by atoms with Crippen LogP contribution in [0.2, 0.25) is 0 Å². The lowest BCUT2D eigenvalue weighted by atomic mass is 9.82. The summed E-state index contributed by atoms with van der Waals surface area (Å²) in [6.45, 7) is 1.47. The number of phenolic OH excluding ortho intramolecular Hbond substituents is 2. The average Bonchev–Trinajstić information content (AvgIpc) is 2.49. The number of nitrogens with one attached hydrogen (secondary N) is 1. The third-order valence-electron chi connectivity index (χ3n) is 3.62. The van der Waals surface area contributed by atoms with E-state index in [0.717, 1.165) is 0 Å². The molecule has 23 heavy (non-hydrogen) atoms. The molecule has 0 saturated heterocycles. The Bertz CT molecular complexity index is 870. The van der Waals surface area contributed by atoms with Crippen molar-refractivity contribution >= 4 is 17.5 Å². The second-order valence-electron chi connectivity index (χ2n) is 5.24. The third-order valence-corrected chi connectivity index (χ3v) is 3.62. The van der Waals surface area contributed by atoms with Gasteiger partial charge < -0.3 is 14.9 Å². The van der Waals surface area contributed by atoms with Gasteiger partial charge in [-0.15, -0.1) is 0 Å². The number of fused-ring (bicyclic) bond motifs is 2. The van der Waals surface area contributed by atoms with Gasteiger partial charge in [-0.1, -0.05) is 12.1 Å². The minimum Gasteiger partial charge on any atom is -0.507 e. The highest BCUT2D eigenvalue weighted by molar-refractivity contribution is 6.30. The van der Waals surface area contributed by atoms with Crippen LogP contribution in [0.1, 0.15) is 44.3 Å². The molecule has 0 bridgehead atoms. The van der Waals surface area contributed by atoms with Gasteiger partial charge in [0.15, 0.2) is 11.7 Å². The smallest absolute Gasteiger partial charge is 0.201 e. The zero-order valence-electron chi connectivity index (χ0n) is 12.2. The molecule has 0 fully saturated rings. The van der Waals surface area contributed by atoms with E-state index in [1.54, 1.807) is 0 Å². The van der Waals surface area contributed by atoms with Gasteiger partial charge in [0.25, 0.3) is 0 Å². The topological polar surface area (TPSA) is 108 Å². The second kappa shape index (κ2) is 5.24. The lowest BCUT2D eigenvalue weighted by molar-refractivity contribution is 0.0974. The van der Waals surface area contributed by atoms with E-state index in [4.69, 9.17) is 10.1 Å². The minimum atomic E-state index is -0.596. The van der Waals surface area contributed by atoms with Crippen LogP contribution < -0.4 is 0 Å². The van der Waals surface area contributed by atoms with Crippen molar-refractivity contribution in [2.75, 3.05) is 0 Å². The lowest BCUT2D eigenvalue weighted by Crippen LogP contribution is -2.21. The normalized spacial score (nSPS) is 12.6.